The summed E-state index contributed by atoms with van der Waals surface area (Å²) in [4.78, 5) is 25.0. The van der Waals surface area contributed by atoms with Crippen LogP contribution >= 0.6 is 15.9 Å². The van der Waals surface area contributed by atoms with E-state index < -0.39 is 5.54 Å². The van der Waals surface area contributed by atoms with Crippen molar-refractivity contribution in [2.24, 2.45) is 0 Å². The second-order valence-corrected chi connectivity index (χ2v) is 5.29. The first-order valence-electron chi connectivity index (χ1n) is 4.76. The van der Waals surface area contributed by atoms with Crippen molar-refractivity contribution in [3.63, 3.8) is 0 Å². The van der Waals surface area contributed by atoms with Crippen molar-refractivity contribution in [2.75, 3.05) is 13.1 Å². The van der Waals surface area contributed by atoms with Crippen molar-refractivity contribution in [3.05, 3.63) is 11.1 Å². The van der Waals surface area contributed by atoms with Crippen LogP contribution in [0, 0.1) is 0 Å². The lowest BCUT2D eigenvalue weighted by atomic mass is 10.0. The molecule has 0 unspecified atom stereocenters. The first-order chi connectivity index (χ1) is 6.83. The summed E-state index contributed by atoms with van der Waals surface area (Å²) in [6.07, 6.45) is 0.343. The van der Waals surface area contributed by atoms with Gasteiger partial charge < -0.3 is 10.2 Å². The summed E-state index contributed by atoms with van der Waals surface area (Å²) in [5.74, 6) is -0.162. The molecule has 0 saturated carbocycles. The van der Waals surface area contributed by atoms with Gasteiger partial charge in [0.15, 0.2) is 0 Å². The van der Waals surface area contributed by atoms with Crippen molar-refractivity contribution in [1.82, 2.24) is 10.2 Å². The normalized spacial score (nSPS) is 20.9. The maximum Gasteiger partial charge on any atom is 0.248 e. The Hall–Kier alpha value is -0.840. The molecule has 1 fully saturated rings. The molecule has 1 N–H and O–H groups in total. The van der Waals surface area contributed by atoms with E-state index >= 15 is 0 Å². The van der Waals surface area contributed by atoms with Gasteiger partial charge >= 0.3 is 0 Å². The zero-order valence-electron chi connectivity index (χ0n) is 8.97. The molecular weight excluding hydrogens is 260 g/mol. The van der Waals surface area contributed by atoms with E-state index in [9.17, 15) is 9.59 Å². The lowest BCUT2D eigenvalue weighted by Gasteiger charge is -2.28. The van der Waals surface area contributed by atoms with Crippen LogP contribution in [0.1, 0.15) is 20.3 Å². The third kappa shape index (κ3) is 3.06. The van der Waals surface area contributed by atoms with Crippen LogP contribution in [0.15, 0.2) is 11.1 Å². The van der Waals surface area contributed by atoms with E-state index in [0.29, 0.717) is 19.5 Å². The fourth-order valence-electron chi connectivity index (χ4n) is 1.56. The molecule has 0 radical (unpaired) electrons. The van der Waals surface area contributed by atoms with Crippen LogP contribution in [0.2, 0.25) is 0 Å². The molecule has 4 nitrogen and oxygen atoms in total. The summed E-state index contributed by atoms with van der Waals surface area (Å²) in [5.41, 5.74) is -0.823. The molecule has 1 rings (SSSR count). The van der Waals surface area contributed by atoms with Crippen molar-refractivity contribution < 1.29 is 9.59 Å². The molecule has 0 aliphatic carbocycles. The average Bonchev–Trinajstić information content (AvgIpc) is 2.16. The largest absolute Gasteiger partial charge is 0.342 e. The molecule has 5 heteroatoms. The van der Waals surface area contributed by atoms with Crippen LogP contribution in [0.25, 0.3) is 0 Å². The van der Waals surface area contributed by atoms with Crippen LogP contribution in [0.5, 0.6) is 0 Å². The third-order valence-electron chi connectivity index (χ3n) is 2.25. The fourth-order valence-corrected chi connectivity index (χ4v) is 1.86. The highest BCUT2D eigenvalue weighted by Gasteiger charge is 2.36. The summed E-state index contributed by atoms with van der Waals surface area (Å²) in [5, 5.41) is 2.70. The Labute approximate surface area is 97.8 Å². The van der Waals surface area contributed by atoms with Gasteiger partial charge in [0.05, 0.1) is 6.54 Å². The molecule has 0 bridgehead atoms. The topological polar surface area (TPSA) is 49.4 Å². The number of carbonyl (C=O) groups excluding carboxylic acids is 2. The number of hydrogen-bond donors (Lipinski definition) is 1. The Kier molecular flexibility index (Phi) is 3.54. The summed E-state index contributed by atoms with van der Waals surface area (Å²) in [6.45, 7) is 8.01. The Morgan fingerprint density at radius 1 is 1.60 bits per heavy atom. The SMILES string of the molecule is C=C(Br)CN1CCC(=O)NC(C)(C)C1=O. The van der Waals surface area contributed by atoms with Crippen molar-refractivity contribution in [1.29, 1.82) is 0 Å². The predicted molar refractivity (Wildman–Crippen MR) is 61.5 cm³/mol. The highest BCUT2D eigenvalue weighted by Crippen LogP contribution is 2.15. The number of nitrogens with zero attached hydrogens (tertiary/aromatic N) is 1. The highest BCUT2D eigenvalue weighted by atomic mass is 79.9. The van der Waals surface area contributed by atoms with Gasteiger partial charge in [-0.25, -0.2) is 0 Å². The summed E-state index contributed by atoms with van der Waals surface area (Å²) in [6, 6.07) is 0. The van der Waals surface area contributed by atoms with Crippen LogP contribution in [0.3, 0.4) is 0 Å². The summed E-state index contributed by atoms with van der Waals surface area (Å²) >= 11 is 3.22. The van der Waals surface area contributed by atoms with Crippen molar-refractivity contribution in [2.45, 2.75) is 25.8 Å². The minimum atomic E-state index is -0.823. The standard InChI is InChI=1S/C10H15BrN2O2/c1-7(11)6-13-5-4-8(14)12-10(2,3)9(13)15/h1,4-6H2,2-3H3,(H,12,14). The zero-order valence-corrected chi connectivity index (χ0v) is 10.6. The van der Waals surface area contributed by atoms with E-state index in [1.165, 1.54) is 0 Å². The smallest absolute Gasteiger partial charge is 0.248 e. The molecule has 0 aromatic carbocycles. The molecule has 1 saturated heterocycles. The molecule has 15 heavy (non-hydrogen) atoms. The third-order valence-corrected chi connectivity index (χ3v) is 2.50. The lowest BCUT2D eigenvalue weighted by molar-refractivity contribution is -0.136. The number of rotatable bonds is 2. The van der Waals surface area contributed by atoms with Crippen molar-refractivity contribution in [3.8, 4) is 0 Å². The van der Waals surface area contributed by atoms with Crippen LogP contribution in [0.4, 0.5) is 0 Å². The zero-order chi connectivity index (χ0) is 11.6. The van der Waals surface area contributed by atoms with E-state index in [1.807, 2.05) is 0 Å². The Balaban J connectivity index is 2.85. The highest BCUT2D eigenvalue weighted by molar-refractivity contribution is 9.11. The average molecular weight is 275 g/mol. The van der Waals surface area contributed by atoms with Gasteiger partial charge in [-0.3, -0.25) is 9.59 Å². The van der Waals surface area contributed by atoms with Crippen LogP contribution < -0.4 is 5.32 Å². The second-order valence-electron chi connectivity index (χ2n) is 4.17. The van der Waals surface area contributed by atoms with E-state index in [4.69, 9.17) is 0 Å². The van der Waals surface area contributed by atoms with Gasteiger partial charge in [-0.1, -0.05) is 22.5 Å². The first-order valence-corrected chi connectivity index (χ1v) is 5.56. The lowest BCUT2D eigenvalue weighted by Crippen LogP contribution is -2.52. The van der Waals surface area contributed by atoms with Gasteiger partial charge in [0.1, 0.15) is 5.54 Å². The van der Waals surface area contributed by atoms with Gasteiger partial charge in [0.25, 0.3) is 0 Å². The Morgan fingerprint density at radius 3 is 2.73 bits per heavy atom. The molecule has 0 aromatic rings. The Morgan fingerprint density at radius 2 is 2.20 bits per heavy atom. The van der Waals surface area contributed by atoms with E-state index in [2.05, 4.69) is 27.8 Å². The molecule has 1 aliphatic heterocycles. The minimum Gasteiger partial charge on any atom is -0.342 e. The minimum absolute atomic E-state index is 0.0750. The number of hydrogen-bond acceptors (Lipinski definition) is 2. The molecule has 0 aromatic heterocycles. The van der Waals surface area contributed by atoms with Gasteiger partial charge in [-0.2, -0.15) is 0 Å². The number of nitrogens with one attached hydrogen (secondary N) is 1. The van der Waals surface area contributed by atoms with Gasteiger partial charge in [0, 0.05) is 17.4 Å². The summed E-state index contributed by atoms with van der Waals surface area (Å²) < 4.78 is 0.737. The molecule has 0 atom stereocenters. The number of carbonyl (C=O) groups is 2. The van der Waals surface area contributed by atoms with Crippen LogP contribution in [-0.2, 0) is 9.59 Å². The molecule has 1 heterocycles. The van der Waals surface area contributed by atoms with E-state index in [-0.39, 0.29) is 11.8 Å². The molecule has 1 aliphatic rings. The fraction of sp³-hybridized carbons (Fsp3) is 0.600. The number of halogens is 1. The Bertz CT molecular complexity index is 313. The van der Waals surface area contributed by atoms with Crippen LogP contribution in [-0.4, -0.2) is 35.3 Å². The number of amides is 2. The van der Waals surface area contributed by atoms with Gasteiger partial charge in [0.2, 0.25) is 11.8 Å². The molecule has 0 spiro atoms. The summed E-state index contributed by atoms with van der Waals surface area (Å²) in [7, 11) is 0. The van der Waals surface area contributed by atoms with E-state index in [0.717, 1.165) is 4.48 Å². The second kappa shape index (κ2) is 4.35. The molecular formula is C10H15BrN2O2. The quantitative estimate of drug-likeness (QED) is 0.818. The maximum atomic E-state index is 12.0. The molecule has 2 amide bonds. The first kappa shape index (κ1) is 12.2. The van der Waals surface area contributed by atoms with Gasteiger partial charge in [-0.15, -0.1) is 0 Å². The molecule has 84 valence electrons. The predicted octanol–water partition coefficient (Wildman–Crippen LogP) is 1.02. The van der Waals surface area contributed by atoms with Gasteiger partial charge in [-0.05, 0) is 13.8 Å². The van der Waals surface area contributed by atoms with Crippen molar-refractivity contribution >= 4 is 27.7 Å². The monoisotopic (exact) mass is 274 g/mol. The van der Waals surface area contributed by atoms with E-state index in [1.54, 1.807) is 18.7 Å². The maximum absolute atomic E-state index is 12.0.